The standard InChI is InChI=1S/C20H21BrN2O3/c1-23(11-12-26-18-9-7-16(21)8-10-18)20(25)15-3-2-4-17(13-15)22-19(24)14-5-6-14/h2-4,7-10,13-14H,5-6,11-12H2,1H3,(H,22,24). The number of nitrogens with one attached hydrogen (secondary N) is 1. The maximum Gasteiger partial charge on any atom is 0.253 e. The van der Waals surface area contributed by atoms with Gasteiger partial charge in [-0.3, -0.25) is 9.59 Å². The molecule has 0 unspecified atom stereocenters. The quantitative estimate of drug-likeness (QED) is 0.743. The maximum atomic E-state index is 12.6. The van der Waals surface area contributed by atoms with Gasteiger partial charge < -0.3 is 15.0 Å². The van der Waals surface area contributed by atoms with Gasteiger partial charge in [0, 0.05) is 28.7 Å². The lowest BCUT2D eigenvalue weighted by Crippen LogP contribution is -2.31. The number of amides is 2. The van der Waals surface area contributed by atoms with Crippen LogP contribution >= 0.6 is 15.9 Å². The van der Waals surface area contributed by atoms with Gasteiger partial charge in [-0.25, -0.2) is 0 Å². The minimum Gasteiger partial charge on any atom is -0.492 e. The molecule has 6 heteroatoms. The second-order valence-corrected chi connectivity index (χ2v) is 7.29. The van der Waals surface area contributed by atoms with Crippen molar-refractivity contribution < 1.29 is 14.3 Å². The Balaban J connectivity index is 1.52. The Morgan fingerprint density at radius 1 is 1.19 bits per heavy atom. The number of hydrogen-bond acceptors (Lipinski definition) is 3. The number of rotatable bonds is 7. The SMILES string of the molecule is CN(CCOc1ccc(Br)cc1)C(=O)c1cccc(NC(=O)C2CC2)c1. The van der Waals surface area contributed by atoms with E-state index in [1.54, 1.807) is 36.2 Å². The number of likely N-dealkylation sites (N-methyl/N-ethyl adjacent to an activating group) is 1. The Bertz CT molecular complexity index is 788. The van der Waals surface area contributed by atoms with Gasteiger partial charge in [-0.2, -0.15) is 0 Å². The van der Waals surface area contributed by atoms with E-state index >= 15 is 0 Å². The Morgan fingerprint density at radius 2 is 1.92 bits per heavy atom. The molecular weight excluding hydrogens is 396 g/mol. The fraction of sp³-hybridized carbons (Fsp3) is 0.300. The van der Waals surface area contributed by atoms with Crippen molar-refractivity contribution in [1.29, 1.82) is 0 Å². The van der Waals surface area contributed by atoms with Crippen LogP contribution < -0.4 is 10.1 Å². The summed E-state index contributed by atoms with van der Waals surface area (Å²) in [5.41, 5.74) is 1.21. The van der Waals surface area contributed by atoms with Crippen molar-refractivity contribution >= 4 is 33.4 Å². The molecule has 26 heavy (non-hydrogen) atoms. The Morgan fingerprint density at radius 3 is 2.62 bits per heavy atom. The number of carbonyl (C=O) groups is 2. The van der Waals surface area contributed by atoms with E-state index in [-0.39, 0.29) is 17.7 Å². The van der Waals surface area contributed by atoms with Crippen LogP contribution in [0.1, 0.15) is 23.2 Å². The maximum absolute atomic E-state index is 12.6. The highest BCUT2D eigenvalue weighted by Gasteiger charge is 2.29. The molecule has 1 N–H and O–H groups in total. The zero-order valence-corrected chi connectivity index (χ0v) is 16.2. The van der Waals surface area contributed by atoms with Crippen molar-refractivity contribution in [3.63, 3.8) is 0 Å². The van der Waals surface area contributed by atoms with Crippen molar-refractivity contribution in [3.05, 3.63) is 58.6 Å². The second kappa shape index (κ2) is 8.36. The predicted octanol–water partition coefficient (Wildman–Crippen LogP) is 3.95. The molecule has 1 fully saturated rings. The molecule has 0 heterocycles. The zero-order valence-electron chi connectivity index (χ0n) is 14.6. The minimum absolute atomic E-state index is 0.0332. The molecule has 5 nitrogen and oxygen atoms in total. The van der Waals surface area contributed by atoms with Gasteiger partial charge in [0.05, 0.1) is 6.54 Å². The lowest BCUT2D eigenvalue weighted by Gasteiger charge is -2.18. The lowest BCUT2D eigenvalue weighted by molar-refractivity contribution is -0.117. The summed E-state index contributed by atoms with van der Waals surface area (Å²) in [7, 11) is 1.74. The number of halogens is 1. The van der Waals surface area contributed by atoms with E-state index in [2.05, 4.69) is 21.2 Å². The first kappa shape index (κ1) is 18.5. The van der Waals surface area contributed by atoms with Crippen LogP contribution in [0.3, 0.4) is 0 Å². The number of carbonyl (C=O) groups excluding carboxylic acids is 2. The highest BCUT2D eigenvalue weighted by atomic mass is 79.9. The highest BCUT2D eigenvalue weighted by Crippen LogP contribution is 2.30. The molecule has 1 saturated carbocycles. The number of anilines is 1. The van der Waals surface area contributed by atoms with Crippen LogP contribution in [-0.4, -0.2) is 36.9 Å². The molecule has 2 aromatic carbocycles. The average molecular weight is 417 g/mol. The molecule has 0 radical (unpaired) electrons. The number of ether oxygens (including phenoxy) is 1. The summed E-state index contributed by atoms with van der Waals surface area (Å²) in [5.74, 6) is 0.824. The van der Waals surface area contributed by atoms with Gasteiger partial charge in [0.1, 0.15) is 12.4 Å². The third kappa shape index (κ3) is 5.08. The third-order valence-electron chi connectivity index (χ3n) is 4.18. The molecule has 0 spiro atoms. The first-order chi connectivity index (χ1) is 12.5. The van der Waals surface area contributed by atoms with Crippen LogP contribution in [0.4, 0.5) is 5.69 Å². The van der Waals surface area contributed by atoms with Crippen molar-refractivity contribution in [2.75, 3.05) is 25.5 Å². The molecule has 136 valence electrons. The molecule has 1 aliphatic rings. The first-order valence-electron chi connectivity index (χ1n) is 8.57. The average Bonchev–Trinajstić information content (AvgIpc) is 3.48. The first-order valence-corrected chi connectivity index (χ1v) is 9.37. The summed E-state index contributed by atoms with van der Waals surface area (Å²) >= 11 is 3.38. The monoisotopic (exact) mass is 416 g/mol. The molecule has 1 aliphatic carbocycles. The molecular formula is C20H21BrN2O3. The van der Waals surface area contributed by atoms with Crippen LogP contribution in [-0.2, 0) is 4.79 Å². The zero-order chi connectivity index (χ0) is 18.5. The third-order valence-corrected chi connectivity index (χ3v) is 4.71. The van der Waals surface area contributed by atoms with Crippen molar-refractivity contribution in [2.45, 2.75) is 12.8 Å². The molecule has 3 rings (SSSR count). The fourth-order valence-electron chi connectivity index (χ4n) is 2.47. The molecule has 0 aliphatic heterocycles. The largest absolute Gasteiger partial charge is 0.492 e. The van der Waals surface area contributed by atoms with Gasteiger partial charge in [-0.05, 0) is 55.3 Å². The molecule has 0 saturated heterocycles. The molecule has 0 atom stereocenters. The van der Waals surface area contributed by atoms with E-state index in [4.69, 9.17) is 4.74 Å². The van der Waals surface area contributed by atoms with E-state index < -0.39 is 0 Å². The van der Waals surface area contributed by atoms with Gasteiger partial charge in [0.2, 0.25) is 5.91 Å². The second-order valence-electron chi connectivity index (χ2n) is 6.37. The minimum atomic E-state index is -0.105. The summed E-state index contributed by atoms with van der Waals surface area (Å²) in [4.78, 5) is 26.0. The van der Waals surface area contributed by atoms with E-state index in [0.717, 1.165) is 23.1 Å². The topological polar surface area (TPSA) is 58.6 Å². The van der Waals surface area contributed by atoms with Gasteiger partial charge in [-0.15, -0.1) is 0 Å². The van der Waals surface area contributed by atoms with Crippen LogP contribution in [0.15, 0.2) is 53.0 Å². The molecule has 2 amide bonds. The number of hydrogen-bond donors (Lipinski definition) is 1. The van der Waals surface area contributed by atoms with Crippen molar-refractivity contribution in [3.8, 4) is 5.75 Å². The molecule has 0 aromatic heterocycles. The smallest absolute Gasteiger partial charge is 0.253 e. The summed E-state index contributed by atoms with van der Waals surface area (Å²) in [5, 5.41) is 2.87. The summed E-state index contributed by atoms with van der Waals surface area (Å²) in [6, 6.07) is 14.6. The van der Waals surface area contributed by atoms with Gasteiger partial charge in [0.15, 0.2) is 0 Å². The normalized spacial score (nSPS) is 13.2. The van der Waals surface area contributed by atoms with Gasteiger partial charge >= 0.3 is 0 Å². The summed E-state index contributed by atoms with van der Waals surface area (Å²) < 4.78 is 6.65. The Hall–Kier alpha value is -2.34. The van der Waals surface area contributed by atoms with Crippen molar-refractivity contribution in [2.24, 2.45) is 5.92 Å². The van der Waals surface area contributed by atoms with Gasteiger partial charge in [0.25, 0.3) is 5.91 Å². The van der Waals surface area contributed by atoms with E-state index in [1.165, 1.54) is 0 Å². The Labute approximate surface area is 161 Å². The van der Waals surface area contributed by atoms with E-state index in [9.17, 15) is 9.59 Å². The highest BCUT2D eigenvalue weighted by molar-refractivity contribution is 9.10. The molecule has 0 bridgehead atoms. The van der Waals surface area contributed by atoms with E-state index in [0.29, 0.717) is 24.4 Å². The number of benzene rings is 2. The van der Waals surface area contributed by atoms with Crippen LogP contribution in [0.25, 0.3) is 0 Å². The summed E-state index contributed by atoms with van der Waals surface area (Å²) in [6.07, 6.45) is 1.90. The van der Waals surface area contributed by atoms with Crippen LogP contribution in [0.2, 0.25) is 0 Å². The lowest BCUT2D eigenvalue weighted by atomic mass is 10.1. The molecule has 2 aromatic rings. The summed E-state index contributed by atoms with van der Waals surface area (Å²) in [6.45, 7) is 0.871. The van der Waals surface area contributed by atoms with Crippen LogP contribution in [0.5, 0.6) is 5.75 Å². The van der Waals surface area contributed by atoms with E-state index in [1.807, 2.05) is 24.3 Å². The predicted molar refractivity (Wildman–Crippen MR) is 104 cm³/mol. The van der Waals surface area contributed by atoms with Crippen LogP contribution in [0, 0.1) is 5.92 Å². The Kier molecular flexibility index (Phi) is 5.93. The fourth-order valence-corrected chi connectivity index (χ4v) is 2.74. The van der Waals surface area contributed by atoms with Crippen molar-refractivity contribution in [1.82, 2.24) is 4.90 Å². The van der Waals surface area contributed by atoms with Gasteiger partial charge in [-0.1, -0.05) is 22.0 Å². The number of nitrogens with zero attached hydrogens (tertiary/aromatic N) is 1.